The van der Waals surface area contributed by atoms with E-state index >= 15 is 0 Å². The fraction of sp³-hybridized carbons (Fsp3) is 0.838. The molecule has 24 aliphatic carbocycles. The summed E-state index contributed by atoms with van der Waals surface area (Å²) in [5.41, 5.74) is 9.20. The van der Waals surface area contributed by atoms with Gasteiger partial charge < -0.3 is 30.6 Å². The van der Waals surface area contributed by atoms with E-state index in [-0.39, 0.29) is 92.8 Å². The highest BCUT2D eigenvalue weighted by Crippen LogP contribution is 2.73. The summed E-state index contributed by atoms with van der Waals surface area (Å²) in [6.45, 7) is 30.0. The van der Waals surface area contributed by atoms with E-state index in [2.05, 4.69) is 120 Å². The van der Waals surface area contributed by atoms with Crippen LogP contribution in [0.1, 0.15) is 412 Å². The molecule has 0 amide bonds. The predicted molar refractivity (Wildman–Crippen MR) is 513 cm³/mol. The van der Waals surface area contributed by atoms with Crippen molar-refractivity contribution in [3.63, 3.8) is 0 Å². The second kappa shape index (κ2) is 34.2. The summed E-state index contributed by atoms with van der Waals surface area (Å²) >= 11 is 0. The monoisotopic (exact) mass is 1790 g/mol. The Kier molecular flexibility index (Phi) is 25.3. The first-order chi connectivity index (χ1) is 61.0. The van der Waals surface area contributed by atoms with E-state index in [1.54, 1.807) is 27.9 Å². The minimum absolute atomic E-state index is 0. The molecule has 720 valence electrons. The van der Waals surface area contributed by atoms with Crippen molar-refractivity contribution in [2.45, 2.75) is 448 Å². The zero-order chi connectivity index (χ0) is 91.5. The zero-order valence-electron chi connectivity index (χ0n) is 82.3. The highest BCUT2D eigenvalue weighted by atomic mass is 16.3. The van der Waals surface area contributed by atoms with Gasteiger partial charge >= 0.3 is 0 Å². The summed E-state index contributed by atoms with van der Waals surface area (Å²) < 4.78 is 0. The van der Waals surface area contributed by atoms with Crippen LogP contribution in [0.25, 0.3) is 0 Å². The molecule has 19 saturated carbocycles. The first-order valence-corrected chi connectivity index (χ1v) is 54.0. The number of Topliss-reactive ketones (excluding diaryl/α,β-unsaturated/α-hetero) is 6. The van der Waals surface area contributed by atoms with E-state index < -0.39 is 11.2 Å². The average Bonchev–Trinajstić information content (AvgIpc) is 0.710. The molecule has 0 bridgehead atoms. The van der Waals surface area contributed by atoms with Crippen molar-refractivity contribution in [2.75, 3.05) is 0 Å². The molecule has 0 radical (unpaired) electrons. The van der Waals surface area contributed by atoms with Crippen molar-refractivity contribution in [1.82, 2.24) is 0 Å². The fourth-order valence-corrected chi connectivity index (χ4v) is 38.7. The van der Waals surface area contributed by atoms with E-state index in [0.717, 1.165) is 216 Å². The molecule has 0 aromatic heterocycles. The second-order valence-electron chi connectivity index (χ2n) is 52.2. The van der Waals surface area contributed by atoms with Gasteiger partial charge in [-0.1, -0.05) is 154 Å². The molecule has 0 saturated heterocycles. The Labute approximate surface area is 783 Å². The zero-order valence-corrected chi connectivity index (χ0v) is 82.3. The lowest BCUT2D eigenvalue weighted by Gasteiger charge is -2.64. The molecule has 6 N–H and O–H groups in total. The maximum Gasteiger partial charge on any atom is 0.155 e. The fourth-order valence-electron chi connectivity index (χ4n) is 38.7. The molecular formula is C117H174O13. The Morgan fingerprint density at radius 2 is 0.685 bits per heavy atom. The summed E-state index contributed by atoms with van der Waals surface area (Å²) in [5.74, 6) is 12.5. The van der Waals surface area contributed by atoms with Gasteiger partial charge in [-0.3, -0.25) is 33.6 Å². The molecular weight excluding hydrogens is 1610 g/mol. The number of aliphatic hydroxyl groups excluding tert-OH is 4. The molecule has 24 rings (SSSR count). The van der Waals surface area contributed by atoms with E-state index in [4.69, 9.17) is 0 Å². The van der Waals surface area contributed by atoms with Gasteiger partial charge in [0.25, 0.3) is 0 Å². The van der Waals surface area contributed by atoms with Crippen molar-refractivity contribution in [2.24, 2.45) is 166 Å². The molecule has 0 aromatic carbocycles. The van der Waals surface area contributed by atoms with Gasteiger partial charge in [0.05, 0.1) is 35.6 Å². The van der Waals surface area contributed by atoms with Crippen molar-refractivity contribution >= 4 is 40.5 Å². The van der Waals surface area contributed by atoms with Gasteiger partial charge in [-0.25, -0.2) is 0 Å². The van der Waals surface area contributed by atoms with Gasteiger partial charge in [0.15, 0.2) is 5.78 Å². The molecule has 13 heteroatoms. The third-order valence-electron chi connectivity index (χ3n) is 47.6. The number of hydrogen-bond donors (Lipinski definition) is 6. The van der Waals surface area contributed by atoms with Gasteiger partial charge in [0.2, 0.25) is 0 Å². The van der Waals surface area contributed by atoms with E-state index in [1.807, 2.05) is 6.08 Å². The van der Waals surface area contributed by atoms with Crippen LogP contribution in [0.5, 0.6) is 0 Å². The lowest BCUT2D eigenvalue weighted by Crippen LogP contribution is -2.65. The van der Waals surface area contributed by atoms with E-state index in [9.17, 15) is 64.2 Å². The first kappa shape index (κ1) is 96.2. The lowest BCUT2D eigenvalue weighted by molar-refractivity contribution is -0.228. The third kappa shape index (κ3) is 14.6. The second-order valence-corrected chi connectivity index (χ2v) is 52.2. The van der Waals surface area contributed by atoms with Gasteiger partial charge in [-0.05, 0) is 398 Å². The number of hydrogen-bond acceptors (Lipinski definition) is 13. The standard InChI is InChI=1S/C21H32O.C19H28O3.C19H26O3.C19H30O2.C19H28O2.C19H26O2.CH4/c1-4-14-6-8-18-17-7-5-15-13-16(22)9-11-21(15,3)19(17)10-12-20(14,18)2;2*1-17-9-10-19(22)15(14(17)5-6-16(17)21)4-3-12-11-13(20)7-8-18(12,19)2;3*1-18-9-7-13(20)11-12(18)3-4-14-15-5-6-17(21)19(15,2)10-8-16(14)18;/h4,10,15-18,22H,5-9,11-13H2,1-3H3;12,14-15,22H,3-11H2,1-2H3;11,14-15,22H,3-10H2,1-2H3;8,12-15,17,20-21H,3-7,9-11H2,1-2H3;8,12-15,20H,3-7,9-11H2,1-2H3;8,12,14-15H,3-7,9-11H2,1-2H3;1H4/b14-4-;;;;;;/t15-,16-,17+,18+,20-,21+;12-,14+,15+,17+,18+,19-;14-,15-,17-,18-,19+;12-,13-,14+,15+,17+,18+,19+;12-,13-,14+,15+,18+,19+;12-,14+,15+,18+,19+;/m110111./s1. The average molecular weight is 1790 g/mol. The molecule has 35 atom stereocenters. The minimum Gasteiger partial charge on any atom is -0.393 e. The SMILES string of the molecule is C.C/C=C1/CC[C@H]2[C@@H]3CC[C@@H]4C[C@H](O)CC[C@]4(C)C3=CC[C@]12C.C[C@]12CC=C3[C@@H](CC[C@@H]4C[C@H](O)CC[C@]34C)[C@@H]1CC[C@@H]2O.C[C@]12CCC(=O)C=C1CC[C@H]1[C@@H]3CCC(=O)[C@@]3(C)CC[C@@]12O.C[C@]12CCC(=O)C[C@H]1CC[C@@H]1C2=CC[C@]2(C)C(=O)CC[C@@H]12.C[C@]12CCC(=O)C[C@H]1CC[C@H]1[C@@H]3CCC(=O)[C@@]3(C)CC[C@@]12O.C[C@]12CC[C@@H](O)C[C@H]1CC[C@@H]1C2=CC[C@]2(C)C(=O)CC[C@@H]12. The van der Waals surface area contributed by atoms with Crippen LogP contribution in [0.15, 0.2) is 69.9 Å². The third-order valence-corrected chi connectivity index (χ3v) is 47.6. The molecule has 0 aliphatic heterocycles. The normalized spacial score (nSPS) is 52.3. The summed E-state index contributed by atoms with van der Waals surface area (Å²) in [6, 6.07) is 0. The van der Waals surface area contributed by atoms with Crippen LogP contribution >= 0.6 is 0 Å². The van der Waals surface area contributed by atoms with Crippen LogP contribution in [0, 0.1) is 166 Å². The number of aliphatic hydroxyl groups is 6. The molecule has 13 nitrogen and oxygen atoms in total. The Bertz CT molecular complexity index is 4660. The predicted octanol–water partition coefficient (Wildman–Crippen LogP) is 24.0. The number of allylic oxidation sites excluding steroid dienone is 10. The molecule has 0 spiro atoms. The van der Waals surface area contributed by atoms with Crippen LogP contribution < -0.4 is 0 Å². The maximum absolute atomic E-state index is 12.4. The molecule has 0 heterocycles. The summed E-state index contributed by atoms with van der Waals surface area (Å²) in [5, 5.41) is 64.1. The Hall–Kier alpha value is -4.11. The number of carbonyl (C=O) groups is 7. The molecule has 0 aromatic rings. The Balaban J connectivity index is 0.000000105. The van der Waals surface area contributed by atoms with Crippen LogP contribution in [-0.2, 0) is 33.6 Å². The smallest absolute Gasteiger partial charge is 0.155 e. The summed E-state index contributed by atoms with van der Waals surface area (Å²) in [4.78, 5) is 85.0. The number of fused-ring (bicyclic) bond motifs is 30. The van der Waals surface area contributed by atoms with Crippen LogP contribution in [0.4, 0.5) is 0 Å². The quantitative estimate of drug-likeness (QED) is 0.124. The molecule has 130 heavy (non-hydrogen) atoms. The van der Waals surface area contributed by atoms with Crippen molar-refractivity contribution in [1.29, 1.82) is 0 Å². The first-order valence-electron chi connectivity index (χ1n) is 54.0. The van der Waals surface area contributed by atoms with Crippen LogP contribution in [-0.4, -0.2) is 107 Å². The van der Waals surface area contributed by atoms with Gasteiger partial charge in [0.1, 0.15) is 34.7 Å². The topological polar surface area (TPSA) is 241 Å². The number of rotatable bonds is 0. The van der Waals surface area contributed by atoms with E-state index in [1.165, 1.54) is 83.5 Å². The van der Waals surface area contributed by atoms with Crippen LogP contribution in [0.2, 0.25) is 0 Å². The molecule has 19 fully saturated rings. The van der Waals surface area contributed by atoms with Gasteiger partial charge in [-0.2, -0.15) is 0 Å². The van der Waals surface area contributed by atoms with Crippen LogP contribution in [0.3, 0.4) is 0 Å². The van der Waals surface area contributed by atoms with Crippen molar-refractivity contribution < 1.29 is 64.2 Å². The Morgan fingerprint density at radius 3 is 1.18 bits per heavy atom. The molecule has 0 unspecified atom stereocenters. The summed E-state index contributed by atoms with van der Waals surface area (Å²) in [7, 11) is 0. The lowest BCUT2D eigenvalue weighted by atomic mass is 9.43. The highest BCUT2D eigenvalue weighted by Gasteiger charge is 2.70. The van der Waals surface area contributed by atoms with E-state index in [0.29, 0.717) is 166 Å². The highest BCUT2D eigenvalue weighted by molar-refractivity contribution is 5.92. The van der Waals surface area contributed by atoms with Gasteiger partial charge in [-0.15, -0.1) is 0 Å². The molecule has 24 aliphatic rings. The van der Waals surface area contributed by atoms with Crippen molar-refractivity contribution in [3.05, 3.63) is 69.9 Å². The number of carbonyl (C=O) groups excluding carboxylic acids is 7. The number of ketones is 7. The largest absolute Gasteiger partial charge is 0.393 e. The van der Waals surface area contributed by atoms with Gasteiger partial charge in [0, 0.05) is 95.7 Å². The Morgan fingerprint density at radius 1 is 0.308 bits per heavy atom. The minimum atomic E-state index is -0.730. The summed E-state index contributed by atoms with van der Waals surface area (Å²) in [6.07, 6.45) is 62.9. The van der Waals surface area contributed by atoms with Crippen molar-refractivity contribution in [3.8, 4) is 0 Å². The maximum atomic E-state index is 12.4.